The van der Waals surface area contributed by atoms with Crippen molar-refractivity contribution in [1.82, 2.24) is 15.8 Å². The number of hydrogen-bond donors (Lipinski definition) is 3. The molecule has 25 heavy (non-hydrogen) atoms. The van der Waals surface area contributed by atoms with Gasteiger partial charge in [0.1, 0.15) is 5.75 Å². The number of H-pyrrole nitrogens is 1. The molecular formula is C19H19N3O3. The van der Waals surface area contributed by atoms with Crippen LogP contribution < -0.4 is 15.6 Å². The van der Waals surface area contributed by atoms with Crippen LogP contribution in [0.3, 0.4) is 0 Å². The van der Waals surface area contributed by atoms with Crippen LogP contribution >= 0.6 is 0 Å². The van der Waals surface area contributed by atoms with Gasteiger partial charge in [-0.3, -0.25) is 20.4 Å². The van der Waals surface area contributed by atoms with Crippen LogP contribution in [0.4, 0.5) is 0 Å². The van der Waals surface area contributed by atoms with Crippen LogP contribution in [0.15, 0.2) is 54.7 Å². The molecule has 3 N–H and O–H groups in total. The number of nitrogens with one attached hydrogen (secondary N) is 3. The Kier molecular flexibility index (Phi) is 4.99. The molecule has 1 heterocycles. The molecule has 3 rings (SSSR count). The lowest BCUT2D eigenvalue weighted by molar-refractivity contribution is -0.123. The van der Waals surface area contributed by atoms with E-state index in [1.54, 1.807) is 6.20 Å². The van der Waals surface area contributed by atoms with Crippen molar-refractivity contribution in [1.29, 1.82) is 0 Å². The highest BCUT2D eigenvalue weighted by molar-refractivity contribution is 6.07. The third-order valence-corrected chi connectivity index (χ3v) is 3.86. The standard InChI is InChI=1S/C19H19N3O3/c1-2-13-7-3-6-10-17(13)25-12-18(23)21-22-19(24)15-11-20-16-9-5-4-8-14(15)16/h3-11,20H,2,12H2,1H3,(H,21,23)(H,22,24). The van der Waals surface area contributed by atoms with Gasteiger partial charge in [0.2, 0.25) is 0 Å². The smallest absolute Gasteiger partial charge is 0.276 e. The fourth-order valence-electron chi connectivity index (χ4n) is 2.57. The summed E-state index contributed by atoms with van der Waals surface area (Å²) >= 11 is 0. The second kappa shape index (κ2) is 7.53. The van der Waals surface area contributed by atoms with Gasteiger partial charge in [0, 0.05) is 17.1 Å². The van der Waals surface area contributed by atoms with Crippen molar-refractivity contribution in [2.24, 2.45) is 0 Å². The van der Waals surface area contributed by atoms with Gasteiger partial charge in [0.05, 0.1) is 5.56 Å². The van der Waals surface area contributed by atoms with E-state index in [9.17, 15) is 9.59 Å². The normalized spacial score (nSPS) is 10.4. The summed E-state index contributed by atoms with van der Waals surface area (Å²) in [7, 11) is 0. The molecule has 0 aliphatic heterocycles. The molecule has 0 aliphatic carbocycles. The molecule has 0 radical (unpaired) electrons. The van der Waals surface area contributed by atoms with E-state index >= 15 is 0 Å². The van der Waals surface area contributed by atoms with E-state index in [1.165, 1.54) is 0 Å². The molecule has 0 spiro atoms. The van der Waals surface area contributed by atoms with Gasteiger partial charge in [0.25, 0.3) is 11.8 Å². The second-order valence-corrected chi connectivity index (χ2v) is 5.50. The van der Waals surface area contributed by atoms with E-state index in [4.69, 9.17) is 4.74 Å². The zero-order valence-corrected chi connectivity index (χ0v) is 13.8. The van der Waals surface area contributed by atoms with Crippen molar-refractivity contribution >= 4 is 22.7 Å². The lowest BCUT2D eigenvalue weighted by Crippen LogP contribution is -2.43. The summed E-state index contributed by atoms with van der Waals surface area (Å²) < 4.78 is 5.51. The van der Waals surface area contributed by atoms with Gasteiger partial charge in [-0.1, -0.05) is 43.3 Å². The van der Waals surface area contributed by atoms with Crippen LogP contribution in [0.1, 0.15) is 22.8 Å². The molecule has 0 saturated carbocycles. The maximum absolute atomic E-state index is 12.2. The number of amides is 2. The Morgan fingerprint density at radius 2 is 1.80 bits per heavy atom. The van der Waals surface area contributed by atoms with Crippen molar-refractivity contribution < 1.29 is 14.3 Å². The monoisotopic (exact) mass is 337 g/mol. The van der Waals surface area contributed by atoms with Gasteiger partial charge < -0.3 is 9.72 Å². The average molecular weight is 337 g/mol. The maximum atomic E-state index is 12.2. The van der Waals surface area contributed by atoms with E-state index in [0.717, 1.165) is 22.9 Å². The summed E-state index contributed by atoms with van der Waals surface area (Å²) in [5, 5.41) is 0.794. The minimum absolute atomic E-state index is 0.175. The fraction of sp³-hybridized carbons (Fsp3) is 0.158. The van der Waals surface area contributed by atoms with Gasteiger partial charge in [-0.25, -0.2) is 0 Å². The summed E-state index contributed by atoms with van der Waals surface area (Å²) in [6, 6.07) is 15.0. The van der Waals surface area contributed by atoms with E-state index < -0.39 is 5.91 Å². The maximum Gasteiger partial charge on any atom is 0.276 e. The first kappa shape index (κ1) is 16.6. The SMILES string of the molecule is CCc1ccccc1OCC(=O)NNC(=O)c1c[nH]c2ccccc12. The summed E-state index contributed by atoms with van der Waals surface area (Å²) in [6.45, 7) is 1.84. The fourth-order valence-corrected chi connectivity index (χ4v) is 2.57. The van der Waals surface area contributed by atoms with Crippen LogP contribution in [-0.2, 0) is 11.2 Å². The molecule has 6 nitrogen and oxygen atoms in total. The third-order valence-electron chi connectivity index (χ3n) is 3.86. The minimum atomic E-state index is -0.431. The highest BCUT2D eigenvalue weighted by Crippen LogP contribution is 2.18. The number of aryl methyl sites for hydroxylation is 1. The summed E-state index contributed by atoms with van der Waals surface area (Å²) in [5.74, 6) is -0.151. The first-order valence-electron chi connectivity index (χ1n) is 8.05. The van der Waals surface area contributed by atoms with Gasteiger partial charge in [-0.05, 0) is 24.1 Å². The molecule has 0 atom stereocenters. The number of ether oxygens (including phenoxy) is 1. The predicted molar refractivity (Wildman–Crippen MR) is 95.2 cm³/mol. The Morgan fingerprint density at radius 1 is 1.04 bits per heavy atom. The summed E-state index contributed by atoms with van der Waals surface area (Å²) in [6.07, 6.45) is 2.43. The number of aromatic amines is 1. The number of hydrazine groups is 1. The average Bonchev–Trinajstić information content (AvgIpc) is 3.09. The molecule has 2 amide bonds. The van der Waals surface area contributed by atoms with E-state index in [0.29, 0.717) is 11.3 Å². The minimum Gasteiger partial charge on any atom is -0.483 e. The van der Waals surface area contributed by atoms with Crippen molar-refractivity contribution in [2.45, 2.75) is 13.3 Å². The zero-order valence-electron chi connectivity index (χ0n) is 13.8. The topological polar surface area (TPSA) is 83.2 Å². The molecule has 0 saturated heterocycles. The van der Waals surface area contributed by atoms with Crippen molar-refractivity contribution in [2.75, 3.05) is 6.61 Å². The predicted octanol–water partition coefficient (Wildman–Crippen LogP) is 2.57. The Hall–Kier alpha value is -3.28. The lowest BCUT2D eigenvalue weighted by atomic mass is 10.1. The van der Waals surface area contributed by atoms with Crippen molar-refractivity contribution in [3.05, 3.63) is 65.9 Å². The lowest BCUT2D eigenvalue weighted by Gasteiger charge is -2.11. The molecule has 0 unspecified atom stereocenters. The highest BCUT2D eigenvalue weighted by atomic mass is 16.5. The van der Waals surface area contributed by atoms with Gasteiger partial charge in [0.15, 0.2) is 6.61 Å². The second-order valence-electron chi connectivity index (χ2n) is 5.50. The molecule has 2 aromatic carbocycles. The number of carbonyl (C=O) groups is 2. The summed E-state index contributed by atoms with van der Waals surface area (Å²) in [4.78, 5) is 27.1. The molecule has 0 aliphatic rings. The van der Waals surface area contributed by atoms with E-state index in [1.807, 2.05) is 55.5 Å². The molecule has 6 heteroatoms. The molecule has 3 aromatic rings. The molecular weight excluding hydrogens is 318 g/mol. The van der Waals surface area contributed by atoms with Crippen LogP contribution in [0, 0.1) is 0 Å². The Bertz CT molecular complexity index is 902. The third kappa shape index (κ3) is 3.80. The van der Waals surface area contributed by atoms with Crippen LogP contribution in [0.25, 0.3) is 10.9 Å². The number of benzene rings is 2. The molecule has 1 aromatic heterocycles. The zero-order chi connectivity index (χ0) is 17.6. The Morgan fingerprint density at radius 3 is 2.64 bits per heavy atom. The van der Waals surface area contributed by atoms with Crippen molar-refractivity contribution in [3.8, 4) is 5.75 Å². The van der Waals surface area contributed by atoms with Crippen molar-refractivity contribution in [3.63, 3.8) is 0 Å². The first-order valence-corrected chi connectivity index (χ1v) is 8.05. The van der Waals surface area contributed by atoms with E-state index in [2.05, 4.69) is 15.8 Å². The quantitative estimate of drug-likeness (QED) is 0.626. The molecule has 128 valence electrons. The van der Waals surface area contributed by atoms with Gasteiger partial charge >= 0.3 is 0 Å². The number of para-hydroxylation sites is 2. The Labute approximate surface area is 145 Å². The van der Waals surface area contributed by atoms with Gasteiger partial charge in [-0.15, -0.1) is 0 Å². The first-order chi connectivity index (χ1) is 12.2. The van der Waals surface area contributed by atoms with Gasteiger partial charge in [-0.2, -0.15) is 0 Å². The van der Waals surface area contributed by atoms with Crippen LogP contribution in [0.5, 0.6) is 5.75 Å². The number of carbonyl (C=O) groups excluding carboxylic acids is 2. The molecule has 0 fully saturated rings. The number of rotatable bonds is 5. The van der Waals surface area contributed by atoms with Crippen LogP contribution in [0.2, 0.25) is 0 Å². The largest absolute Gasteiger partial charge is 0.483 e. The Balaban J connectivity index is 1.54. The number of aromatic nitrogens is 1. The summed E-state index contributed by atoms with van der Waals surface area (Å²) in [5.41, 5.74) is 7.12. The highest BCUT2D eigenvalue weighted by Gasteiger charge is 2.12. The molecule has 0 bridgehead atoms. The van der Waals surface area contributed by atoms with Crippen LogP contribution in [-0.4, -0.2) is 23.4 Å². The number of fused-ring (bicyclic) bond motifs is 1. The number of hydrogen-bond acceptors (Lipinski definition) is 3. The van der Waals surface area contributed by atoms with E-state index in [-0.39, 0.29) is 12.5 Å².